The van der Waals surface area contributed by atoms with Gasteiger partial charge < -0.3 is 0 Å². The molecule has 17 heavy (non-hydrogen) atoms. The van der Waals surface area contributed by atoms with Gasteiger partial charge in [0.1, 0.15) is 0 Å². The average Bonchev–Trinajstić information content (AvgIpc) is 2.29. The Bertz CT molecular complexity index is 407. The predicted octanol–water partition coefficient (Wildman–Crippen LogP) is 3.05. The molecule has 1 aromatic rings. The number of aryl methyl sites for hydroxylation is 1. The summed E-state index contributed by atoms with van der Waals surface area (Å²) in [4.78, 5) is 13.4. The van der Waals surface area contributed by atoms with Crippen LogP contribution >= 0.6 is 0 Å². The van der Waals surface area contributed by atoms with E-state index in [2.05, 4.69) is 34.0 Å². The fourth-order valence-electron chi connectivity index (χ4n) is 1.67. The Balaban J connectivity index is 3.19. The van der Waals surface area contributed by atoms with Gasteiger partial charge in [0.25, 0.3) is 0 Å². The van der Waals surface area contributed by atoms with Gasteiger partial charge in [0, 0.05) is 13.1 Å². The van der Waals surface area contributed by atoms with Crippen LogP contribution in [-0.4, -0.2) is 29.5 Å². The first-order valence-electron chi connectivity index (χ1n) is 6.10. The second-order valence-corrected chi connectivity index (χ2v) is 4.03. The van der Waals surface area contributed by atoms with Gasteiger partial charge in [0.15, 0.2) is 0 Å². The molecule has 0 aromatic carbocycles. The number of pyridine rings is 1. The van der Waals surface area contributed by atoms with Crippen molar-refractivity contribution in [2.24, 2.45) is 9.98 Å². The molecule has 0 aliphatic carbocycles. The average molecular weight is 231 g/mol. The highest BCUT2D eigenvalue weighted by Crippen LogP contribution is 2.08. The number of nitrogens with zero attached hydrogens (tertiary/aromatic N) is 3. The lowest BCUT2D eigenvalue weighted by Crippen LogP contribution is -2.07. The van der Waals surface area contributed by atoms with E-state index in [4.69, 9.17) is 0 Å². The highest BCUT2D eigenvalue weighted by Gasteiger charge is 2.05. The minimum atomic E-state index is 0.790. The van der Waals surface area contributed by atoms with Crippen LogP contribution in [0, 0.1) is 6.92 Å². The molecule has 0 unspecified atom stereocenters. The number of rotatable bonds is 4. The van der Waals surface area contributed by atoms with E-state index >= 15 is 0 Å². The lowest BCUT2D eigenvalue weighted by atomic mass is 10.1. The minimum Gasteiger partial charge on any atom is -0.288 e. The van der Waals surface area contributed by atoms with Gasteiger partial charge in [0.2, 0.25) is 0 Å². The zero-order valence-electron chi connectivity index (χ0n) is 11.4. The summed E-state index contributed by atoms with van der Waals surface area (Å²) in [7, 11) is 0. The minimum absolute atomic E-state index is 0.790. The standard InChI is InChI=1S/C14H21N3/c1-6-15-11(4)13-8-10(3)9-14(17-13)12(5)16-7-2/h8-9H,6-7H2,1-5H3. The maximum Gasteiger partial charge on any atom is 0.0847 e. The fourth-order valence-corrected chi connectivity index (χ4v) is 1.67. The summed E-state index contributed by atoms with van der Waals surface area (Å²) in [6.07, 6.45) is 0. The van der Waals surface area contributed by atoms with Crippen molar-refractivity contribution in [1.29, 1.82) is 0 Å². The third-order valence-corrected chi connectivity index (χ3v) is 2.50. The first-order valence-corrected chi connectivity index (χ1v) is 6.10. The van der Waals surface area contributed by atoms with Crippen molar-refractivity contribution < 1.29 is 0 Å². The smallest absolute Gasteiger partial charge is 0.0847 e. The molecule has 1 aromatic heterocycles. The first-order chi connectivity index (χ1) is 8.08. The lowest BCUT2D eigenvalue weighted by Gasteiger charge is -2.06. The molecule has 0 saturated carbocycles. The normalized spacial score (nSPS) is 13.0. The van der Waals surface area contributed by atoms with Gasteiger partial charge >= 0.3 is 0 Å². The lowest BCUT2D eigenvalue weighted by molar-refractivity contribution is 1.10. The molecular formula is C14H21N3. The van der Waals surface area contributed by atoms with Crippen LogP contribution < -0.4 is 0 Å². The van der Waals surface area contributed by atoms with E-state index in [0.717, 1.165) is 35.9 Å². The van der Waals surface area contributed by atoms with Crippen molar-refractivity contribution in [3.8, 4) is 0 Å². The summed E-state index contributed by atoms with van der Waals surface area (Å²) < 4.78 is 0. The van der Waals surface area contributed by atoms with E-state index in [0.29, 0.717) is 0 Å². The molecule has 3 nitrogen and oxygen atoms in total. The van der Waals surface area contributed by atoms with Crippen molar-refractivity contribution in [1.82, 2.24) is 4.98 Å². The molecule has 0 aliphatic rings. The molecule has 0 saturated heterocycles. The Labute approximate surface area is 104 Å². The van der Waals surface area contributed by atoms with Crippen LogP contribution in [0.3, 0.4) is 0 Å². The number of aliphatic imine (C=N–C) groups is 2. The van der Waals surface area contributed by atoms with Crippen LogP contribution in [0.2, 0.25) is 0 Å². The molecule has 1 heterocycles. The summed E-state index contributed by atoms with van der Waals surface area (Å²) in [6, 6.07) is 4.13. The van der Waals surface area contributed by atoms with Gasteiger partial charge in [-0.25, -0.2) is 4.98 Å². The largest absolute Gasteiger partial charge is 0.288 e. The fraction of sp³-hybridized carbons (Fsp3) is 0.500. The van der Waals surface area contributed by atoms with Crippen LogP contribution in [-0.2, 0) is 0 Å². The summed E-state index contributed by atoms with van der Waals surface area (Å²) in [6.45, 7) is 11.7. The monoisotopic (exact) mass is 231 g/mol. The summed E-state index contributed by atoms with van der Waals surface area (Å²) in [5.41, 5.74) is 5.07. The summed E-state index contributed by atoms with van der Waals surface area (Å²) in [5, 5.41) is 0. The number of hydrogen-bond acceptors (Lipinski definition) is 3. The van der Waals surface area contributed by atoms with Crippen molar-refractivity contribution >= 4 is 11.4 Å². The zero-order chi connectivity index (χ0) is 12.8. The molecule has 0 atom stereocenters. The molecule has 0 fully saturated rings. The highest BCUT2D eigenvalue weighted by molar-refractivity contribution is 6.01. The van der Waals surface area contributed by atoms with Crippen LogP contribution in [0.4, 0.5) is 0 Å². The van der Waals surface area contributed by atoms with Gasteiger partial charge in [-0.05, 0) is 52.3 Å². The Hall–Kier alpha value is -1.51. The topological polar surface area (TPSA) is 37.6 Å². The Morgan fingerprint density at radius 1 is 1.00 bits per heavy atom. The second-order valence-electron chi connectivity index (χ2n) is 4.03. The van der Waals surface area contributed by atoms with Gasteiger partial charge in [-0.15, -0.1) is 0 Å². The van der Waals surface area contributed by atoms with E-state index in [9.17, 15) is 0 Å². The highest BCUT2D eigenvalue weighted by atomic mass is 14.8. The Kier molecular flexibility index (Phi) is 5.01. The van der Waals surface area contributed by atoms with Crippen LogP contribution in [0.15, 0.2) is 22.1 Å². The van der Waals surface area contributed by atoms with Gasteiger partial charge in [-0.2, -0.15) is 0 Å². The predicted molar refractivity (Wildman–Crippen MR) is 74.5 cm³/mol. The third kappa shape index (κ3) is 3.77. The molecule has 0 N–H and O–H groups in total. The van der Waals surface area contributed by atoms with Gasteiger partial charge in [-0.1, -0.05) is 0 Å². The summed E-state index contributed by atoms with van der Waals surface area (Å²) in [5.74, 6) is 0. The maximum atomic E-state index is 4.61. The van der Waals surface area contributed by atoms with E-state index in [1.807, 2.05) is 27.7 Å². The molecular weight excluding hydrogens is 210 g/mol. The van der Waals surface area contributed by atoms with Crippen LogP contribution in [0.25, 0.3) is 0 Å². The van der Waals surface area contributed by atoms with Crippen molar-refractivity contribution in [2.75, 3.05) is 13.1 Å². The SMILES string of the molecule is CCN=C(C)c1cc(C)cc(C(C)=NCC)n1. The molecule has 0 bridgehead atoms. The third-order valence-electron chi connectivity index (χ3n) is 2.50. The maximum absolute atomic E-state index is 4.61. The molecule has 1 rings (SSSR count). The Morgan fingerprint density at radius 2 is 1.41 bits per heavy atom. The molecule has 0 amide bonds. The molecule has 0 radical (unpaired) electrons. The van der Waals surface area contributed by atoms with Gasteiger partial charge in [-0.3, -0.25) is 9.98 Å². The zero-order valence-corrected chi connectivity index (χ0v) is 11.4. The van der Waals surface area contributed by atoms with E-state index in [-0.39, 0.29) is 0 Å². The van der Waals surface area contributed by atoms with Crippen molar-refractivity contribution in [2.45, 2.75) is 34.6 Å². The van der Waals surface area contributed by atoms with Crippen LogP contribution in [0.1, 0.15) is 44.6 Å². The van der Waals surface area contributed by atoms with Gasteiger partial charge in [0.05, 0.1) is 22.8 Å². The summed E-state index contributed by atoms with van der Waals surface area (Å²) >= 11 is 0. The molecule has 92 valence electrons. The molecule has 0 spiro atoms. The Morgan fingerprint density at radius 3 is 1.76 bits per heavy atom. The van der Waals surface area contributed by atoms with E-state index in [1.165, 1.54) is 5.56 Å². The van der Waals surface area contributed by atoms with E-state index < -0.39 is 0 Å². The second kappa shape index (κ2) is 6.28. The number of hydrogen-bond donors (Lipinski definition) is 0. The first kappa shape index (κ1) is 13.6. The quantitative estimate of drug-likeness (QED) is 0.734. The molecule has 3 heteroatoms. The van der Waals surface area contributed by atoms with Crippen molar-refractivity contribution in [3.05, 3.63) is 29.1 Å². The molecule has 0 aliphatic heterocycles. The van der Waals surface area contributed by atoms with Crippen molar-refractivity contribution in [3.63, 3.8) is 0 Å². The van der Waals surface area contributed by atoms with Crippen LogP contribution in [0.5, 0.6) is 0 Å². The van der Waals surface area contributed by atoms with E-state index in [1.54, 1.807) is 0 Å². The number of aromatic nitrogens is 1.